The van der Waals surface area contributed by atoms with Crippen LogP contribution in [0.2, 0.25) is 0 Å². The van der Waals surface area contributed by atoms with Crippen molar-refractivity contribution in [3.05, 3.63) is 41.9 Å². The summed E-state index contributed by atoms with van der Waals surface area (Å²) in [7, 11) is 0. The van der Waals surface area contributed by atoms with Crippen LogP contribution in [0, 0.1) is 6.92 Å². The Morgan fingerprint density at radius 2 is 1.58 bits per heavy atom. The molecule has 0 amide bonds. The lowest BCUT2D eigenvalue weighted by Gasteiger charge is -2.36. The Hall–Kier alpha value is -2.21. The van der Waals surface area contributed by atoms with Crippen molar-refractivity contribution in [3.8, 4) is 0 Å². The van der Waals surface area contributed by atoms with Gasteiger partial charge < -0.3 is 9.80 Å². The molecule has 2 aromatic heterocycles. The van der Waals surface area contributed by atoms with Crippen molar-refractivity contribution < 1.29 is 0 Å². The zero-order chi connectivity index (χ0) is 17.8. The molecular weight excluding hydrogens is 324 g/mol. The smallest absolute Gasteiger partial charge is 0.225 e. The molecule has 0 saturated carbocycles. The fourth-order valence-electron chi connectivity index (χ4n) is 3.87. The summed E-state index contributed by atoms with van der Waals surface area (Å²) in [5.74, 6) is 2.02. The number of hydrogen-bond donors (Lipinski definition) is 0. The topological polar surface area (TPSA) is 48.4 Å². The van der Waals surface area contributed by atoms with Crippen LogP contribution in [0.3, 0.4) is 0 Å². The van der Waals surface area contributed by atoms with Gasteiger partial charge in [0.25, 0.3) is 0 Å². The van der Waals surface area contributed by atoms with E-state index in [4.69, 9.17) is 0 Å². The van der Waals surface area contributed by atoms with Crippen molar-refractivity contribution in [2.24, 2.45) is 0 Å². The third-order valence-corrected chi connectivity index (χ3v) is 5.39. The van der Waals surface area contributed by atoms with Crippen LogP contribution in [0.4, 0.5) is 11.8 Å². The summed E-state index contributed by atoms with van der Waals surface area (Å²) < 4.78 is 0. The number of pyridine rings is 1. The maximum absolute atomic E-state index is 4.61. The van der Waals surface area contributed by atoms with Crippen molar-refractivity contribution in [2.45, 2.75) is 32.7 Å². The first-order valence-electron chi connectivity index (χ1n) is 9.74. The fourth-order valence-corrected chi connectivity index (χ4v) is 3.87. The van der Waals surface area contributed by atoms with Crippen LogP contribution in [0.15, 0.2) is 30.7 Å². The first-order valence-corrected chi connectivity index (χ1v) is 9.74. The molecule has 4 heterocycles. The normalized spacial score (nSPS) is 19.0. The summed E-state index contributed by atoms with van der Waals surface area (Å²) in [6.45, 7) is 9.37. The molecule has 0 radical (unpaired) electrons. The number of piperazine rings is 1. The van der Waals surface area contributed by atoms with Gasteiger partial charge >= 0.3 is 0 Å². The summed E-state index contributed by atoms with van der Waals surface area (Å²) in [4.78, 5) is 20.9. The zero-order valence-electron chi connectivity index (χ0n) is 15.6. The zero-order valence-corrected chi connectivity index (χ0v) is 15.6. The largest absolute Gasteiger partial charge is 0.354 e. The van der Waals surface area contributed by atoms with Crippen molar-refractivity contribution in [1.29, 1.82) is 0 Å². The second kappa shape index (κ2) is 7.99. The standard InChI is InChI=1S/C20H28N6/c1-17-6-5-7-21-19(17)25-12-10-24(11-13-25)16-18-14-22-20(23-15-18)26-8-3-2-4-9-26/h5-7,14-15H,2-4,8-13,16H2,1H3. The highest BCUT2D eigenvalue weighted by molar-refractivity contribution is 5.46. The van der Waals surface area contributed by atoms with Crippen molar-refractivity contribution in [3.63, 3.8) is 0 Å². The SMILES string of the molecule is Cc1cccnc1N1CCN(Cc2cnc(N3CCCCC3)nc2)CC1. The Kier molecular flexibility index (Phi) is 5.29. The average molecular weight is 352 g/mol. The van der Waals surface area contributed by atoms with E-state index in [0.717, 1.165) is 57.6 Å². The monoisotopic (exact) mass is 352 g/mol. The molecule has 0 aromatic carbocycles. The Morgan fingerprint density at radius 3 is 2.27 bits per heavy atom. The molecule has 0 spiro atoms. The van der Waals surface area contributed by atoms with Crippen LogP contribution in [0.5, 0.6) is 0 Å². The highest BCUT2D eigenvalue weighted by atomic mass is 15.3. The van der Waals surface area contributed by atoms with Gasteiger partial charge in [0, 0.05) is 70.0 Å². The van der Waals surface area contributed by atoms with Crippen LogP contribution in [-0.2, 0) is 6.54 Å². The number of nitrogens with zero attached hydrogens (tertiary/aromatic N) is 6. The number of rotatable bonds is 4. The Morgan fingerprint density at radius 1 is 0.846 bits per heavy atom. The van der Waals surface area contributed by atoms with E-state index in [2.05, 4.69) is 42.6 Å². The lowest BCUT2D eigenvalue weighted by molar-refractivity contribution is 0.248. The van der Waals surface area contributed by atoms with E-state index in [0.29, 0.717) is 0 Å². The molecule has 2 aromatic rings. The lowest BCUT2D eigenvalue weighted by Crippen LogP contribution is -2.46. The van der Waals surface area contributed by atoms with E-state index in [1.165, 1.54) is 30.4 Å². The minimum absolute atomic E-state index is 0.892. The number of piperidine rings is 1. The molecule has 2 fully saturated rings. The van der Waals surface area contributed by atoms with E-state index in [1.807, 2.05) is 24.7 Å². The Labute approximate surface area is 155 Å². The van der Waals surface area contributed by atoms with E-state index >= 15 is 0 Å². The van der Waals surface area contributed by atoms with E-state index in [1.54, 1.807) is 0 Å². The van der Waals surface area contributed by atoms with Gasteiger partial charge in [0.2, 0.25) is 5.95 Å². The number of aryl methyl sites for hydroxylation is 1. The predicted octanol–water partition coefficient (Wildman–Crippen LogP) is 2.49. The number of anilines is 2. The first-order chi connectivity index (χ1) is 12.8. The maximum Gasteiger partial charge on any atom is 0.225 e. The van der Waals surface area contributed by atoms with Gasteiger partial charge in [-0.15, -0.1) is 0 Å². The number of aromatic nitrogens is 3. The highest BCUT2D eigenvalue weighted by Gasteiger charge is 2.19. The van der Waals surface area contributed by atoms with Crippen LogP contribution < -0.4 is 9.80 Å². The molecule has 0 N–H and O–H groups in total. The minimum Gasteiger partial charge on any atom is -0.354 e. The van der Waals surface area contributed by atoms with Gasteiger partial charge in [-0.1, -0.05) is 6.07 Å². The van der Waals surface area contributed by atoms with Crippen molar-refractivity contribution >= 4 is 11.8 Å². The summed E-state index contributed by atoms with van der Waals surface area (Å²) in [5.41, 5.74) is 2.45. The molecule has 0 unspecified atom stereocenters. The molecule has 6 heteroatoms. The van der Waals surface area contributed by atoms with Gasteiger partial charge in [0.1, 0.15) is 5.82 Å². The first kappa shape index (κ1) is 17.2. The summed E-state index contributed by atoms with van der Waals surface area (Å²) >= 11 is 0. The van der Waals surface area contributed by atoms with Gasteiger partial charge in [-0.05, 0) is 37.8 Å². The van der Waals surface area contributed by atoms with Crippen LogP contribution in [0.25, 0.3) is 0 Å². The molecular formula is C20H28N6. The highest BCUT2D eigenvalue weighted by Crippen LogP contribution is 2.19. The quantitative estimate of drug-likeness (QED) is 0.843. The molecule has 0 bridgehead atoms. The summed E-state index contributed by atoms with van der Waals surface area (Å²) in [6.07, 6.45) is 9.74. The van der Waals surface area contributed by atoms with Gasteiger partial charge in [-0.2, -0.15) is 0 Å². The van der Waals surface area contributed by atoms with Crippen LogP contribution in [-0.4, -0.2) is 59.1 Å². The van der Waals surface area contributed by atoms with E-state index in [9.17, 15) is 0 Å². The molecule has 0 aliphatic carbocycles. The van der Waals surface area contributed by atoms with Gasteiger partial charge in [0.15, 0.2) is 0 Å². The molecule has 138 valence electrons. The third kappa shape index (κ3) is 3.96. The van der Waals surface area contributed by atoms with Crippen molar-refractivity contribution in [2.75, 3.05) is 49.1 Å². The minimum atomic E-state index is 0.892. The van der Waals surface area contributed by atoms with E-state index < -0.39 is 0 Å². The maximum atomic E-state index is 4.61. The van der Waals surface area contributed by atoms with Gasteiger partial charge in [-0.25, -0.2) is 15.0 Å². The van der Waals surface area contributed by atoms with Crippen LogP contribution in [0.1, 0.15) is 30.4 Å². The van der Waals surface area contributed by atoms with Crippen molar-refractivity contribution in [1.82, 2.24) is 19.9 Å². The fraction of sp³-hybridized carbons (Fsp3) is 0.550. The second-order valence-electron chi connectivity index (χ2n) is 7.35. The summed E-state index contributed by atoms with van der Waals surface area (Å²) in [5, 5.41) is 0. The van der Waals surface area contributed by atoms with Crippen LogP contribution >= 0.6 is 0 Å². The Bertz CT molecular complexity index is 702. The number of hydrogen-bond acceptors (Lipinski definition) is 6. The van der Waals surface area contributed by atoms with E-state index in [-0.39, 0.29) is 0 Å². The average Bonchev–Trinajstić information content (AvgIpc) is 2.70. The molecule has 6 nitrogen and oxygen atoms in total. The lowest BCUT2D eigenvalue weighted by atomic mass is 10.1. The third-order valence-electron chi connectivity index (χ3n) is 5.39. The predicted molar refractivity (Wildman–Crippen MR) is 105 cm³/mol. The molecule has 0 atom stereocenters. The van der Waals surface area contributed by atoms with Gasteiger partial charge in [0.05, 0.1) is 0 Å². The van der Waals surface area contributed by atoms with Gasteiger partial charge in [-0.3, -0.25) is 4.90 Å². The molecule has 2 aliphatic heterocycles. The molecule has 4 rings (SSSR count). The second-order valence-corrected chi connectivity index (χ2v) is 7.35. The molecule has 2 aliphatic rings. The summed E-state index contributed by atoms with van der Waals surface area (Å²) in [6, 6.07) is 4.14. The Balaban J connectivity index is 1.31. The molecule has 26 heavy (non-hydrogen) atoms. The molecule has 2 saturated heterocycles.